The SMILES string of the molecule is CCOc1ccc(N(CC(=O)NCCCOC2CCCCC2)S(C)(=O)=O)cc1. The first-order chi connectivity index (χ1) is 13.4. The molecule has 1 aromatic rings. The first kappa shape index (κ1) is 22.5. The molecule has 0 spiro atoms. The quantitative estimate of drug-likeness (QED) is 0.565. The number of carbonyl (C=O) groups excluding carboxylic acids is 1. The minimum Gasteiger partial charge on any atom is -0.494 e. The van der Waals surface area contributed by atoms with Crippen LogP contribution in [0.2, 0.25) is 0 Å². The molecular weight excluding hydrogens is 380 g/mol. The highest BCUT2D eigenvalue weighted by Gasteiger charge is 2.21. The van der Waals surface area contributed by atoms with Crippen LogP contribution in [0.5, 0.6) is 5.75 Å². The van der Waals surface area contributed by atoms with Gasteiger partial charge in [-0.3, -0.25) is 9.10 Å². The molecule has 1 amide bonds. The van der Waals surface area contributed by atoms with E-state index in [1.165, 1.54) is 19.3 Å². The zero-order chi connectivity index (χ0) is 20.4. The average molecular weight is 413 g/mol. The molecule has 1 aliphatic carbocycles. The number of nitrogens with zero attached hydrogens (tertiary/aromatic N) is 1. The fourth-order valence-corrected chi connectivity index (χ4v) is 4.10. The van der Waals surface area contributed by atoms with Crippen molar-refractivity contribution in [2.45, 2.75) is 51.6 Å². The molecule has 0 radical (unpaired) electrons. The van der Waals surface area contributed by atoms with E-state index in [1.807, 2.05) is 6.92 Å². The highest BCUT2D eigenvalue weighted by molar-refractivity contribution is 7.92. The van der Waals surface area contributed by atoms with Crippen molar-refractivity contribution in [1.29, 1.82) is 0 Å². The molecule has 0 aromatic heterocycles. The van der Waals surface area contributed by atoms with Crippen molar-refractivity contribution in [1.82, 2.24) is 5.32 Å². The predicted octanol–water partition coefficient (Wildman–Crippen LogP) is 2.71. The van der Waals surface area contributed by atoms with Crippen molar-refractivity contribution in [3.63, 3.8) is 0 Å². The summed E-state index contributed by atoms with van der Waals surface area (Å²) >= 11 is 0. The smallest absolute Gasteiger partial charge is 0.240 e. The van der Waals surface area contributed by atoms with Crippen molar-refractivity contribution in [2.75, 3.05) is 36.9 Å². The molecule has 1 aromatic carbocycles. The molecule has 158 valence electrons. The Balaban J connectivity index is 1.79. The van der Waals surface area contributed by atoms with Crippen LogP contribution in [0.25, 0.3) is 0 Å². The number of nitrogens with one attached hydrogen (secondary N) is 1. The first-order valence-electron chi connectivity index (χ1n) is 9.99. The molecule has 0 heterocycles. The Hall–Kier alpha value is -1.80. The Morgan fingerprint density at radius 1 is 1.18 bits per heavy atom. The molecule has 0 bridgehead atoms. The van der Waals surface area contributed by atoms with Gasteiger partial charge in [-0.1, -0.05) is 19.3 Å². The molecule has 0 saturated heterocycles. The Morgan fingerprint density at radius 2 is 1.86 bits per heavy atom. The van der Waals surface area contributed by atoms with Gasteiger partial charge < -0.3 is 14.8 Å². The van der Waals surface area contributed by atoms with Crippen molar-refractivity contribution in [3.05, 3.63) is 24.3 Å². The highest BCUT2D eigenvalue weighted by Crippen LogP contribution is 2.22. The van der Waals surface area contributed by atoms with E-state index >= 15 is 0 Å². The van der Waals surface area contributed by atoms with Crippen LogP contribution in [0.1, 0.15) is 45.4 Å². The molecule has 1 fully saturated rings. The summed E-state index contributed by atoms with van der Waals surface area (Å²) in [4.78, 5) is 12.2. The number of anilines is 1. The summed E-state index contributed by atoms with van der Waals surface area (Å²) in [5, 5.41) is 2.77. The molecule has 0 aliphatic heterocycles. The number of amides is 1. The zero-order valence-corrected chi connectivity index (χ0v) is 17.7. The second-order valence-electron chi connectivity index (χ2n) is 7.03. The van der Waals surface area contributed by atoms with E-state index in [4.69, 9.17) is 9.47 Å². The summed E-state index contributed by atoms with van der Waals surface area (Å²) in [6.45, 7) is 3.23. The normalized spacial score (nSPS) is 15.2. The zero-order valence-electron chi connectivity index (χ0n) is 16.9. The van der Waals surface area contributed by atoms with Crippen molar-refractivity contribution >= 4 is 21.6 Å². The van der Waals surface area contributed by atoms with Gasteiger partial charge >= 0.3 is 0 Å². The van der Waals surface area contributed by atoms with Crippen LogP contribution >= 0.6 is 0 Å². The maximum absolute atomic E-state index is 12.2. The van der Waals surface area contributed by atoms with E-state index in [-0.39, 0.29) is 12.5 Å². The third-order valence-corrected chi connectivity index (χ3v) is 5.81. The molecule has 0 atom stereocenters. The third kappa shape index (κ3) is 7.67. The summed E-state index contributed by atoms with van der Waals surface area (Å²) in [6, 6.07) is 6.66. The van der Waals surface area contributed by atoms with Crippen molar-refractivity contribution in [3.8, 4) is 5.75 Å². The molecule has 0 unspecified atom stereocenters. The second kappa shape index (κ2) is 11.3. The number of ether oxygens (including phenoxy) is 2. The fraction of sp³-hybridized carbons (Fsp3) is 0.650. The lowest BCUT2D eigenvalue weighted by molar-refractivity contribution is -0.119. The van der Waals surface area contributed by atoms with Crippen LogP contribution in [0.3, 0.4) is 0 Å². The minimum absolute atomic E-state index is 0.254. The molecular formula is C20H32N2O5S. The second-order valence-corrected chi connectivity index (χ2v) is 8.94. The maximum Gasteiger partial charge on any atom is 0.240 e. The largest absolute Gasteiger partial charge is 0.494 e. The predicted molar refractivity (Wildman–Crippen MR) is 110 cm³/mol. The summed E-state index contributed by atoms with van der Waals surface area (Å²) in [5.41, 5.74) is 0.432. The monoisotopic (exact) mass is 412 g/mol. The van der Waals surface area contributed by atoms with Gasteiger partial charge in [-0.05, 0) is 50.5 Å². The van der Waals surface area contributed by atoms with Crippen molar-refractivity contribution in [2.24, 2.45) is 0 Å². The van der Waals surface area contributed by atoms with Crippen LogP contribution in [-0.4, -0.2) is 53.0 Å². The van der Waals surface area contributed by atoms with Gasteiger partial charge in [-0.15, -0.1) is 0 Å². The van der Waals surface area contributed by atoms with Crippen LogP contribution in [0.4, 0.5) is 5.69 Å². The van der Waals surface area contributed by atoms with Crippen LogP contribution in [0.15, 0.2) is 24.3 Å². The number of hydrogen-bond donors (Lipinski definition) is 1. The average Bonchev–Trinajstić information content (AvgIpc) is 2.67. The summed E-state index contributed by atoms with van der Waals surface area (Å²) in [6.07, 6.45) is 8.16. The fourth-order valence-electron chi connectivity index (χ4n) is 3.24. The molecule has 28 heavy (non-hydrogen) atoms. The maximum atomic E-state index is 12.2. The topological polar surface area (TPSA) is 84.9 Å². The number of sulfonamides is 1. The lowest BCUT2D eigenvalue weighted by atomic mass is 9.98. The van der Waals surface area contributed by atoms with Crippen LogP contribution in [-0.2, 0) is 19.6 Å². The Morgan fingerprint density at radius 3 is 2.46 bits per heavy atom. The first-order valence-corrected chi connectivity index (χ1v) is 11.8. The minimum atomic E-state index is -3.58. The lowest BCUT2D eigenvalue weighted by Gasteiger charge is -2.23. The number of carbonyl (C=O) groups is 1. The third-order valence-electron chi connectivity index (χ3n) is 4.67. The van der Waals surface area contributed by atoms with E-state index in [0.717, 1.165) is 23.4 Å². The van der Waals surface area contributed by atoms with Gasteiger partial charge in [-0.2, -0.15) is 0 Å². The van der Waals surface area contributed by atoms with Gasteiger partial charge in [0.15, 0.2) is 0 Å². The Labute approximate surface area is 168 Å². The van der Waals surface area contributed by atoms with Gasteiger partial charge in [0.1, 0.15) is 12.3 Å². The van der Waals surface area contributed by atoms with Gasteiger partial charge in [0.25, 0.3) is 0 Å². The van der Waals surface area contributed by atoms with Crippen molar-refractivity contribution < 1.29 is 22.7 Å². The van der Waals surface area contributed by atoms with E-state index in [2.05, 4.69) is 5.32 Å². The van der Waals surface area contributed by atoms with E-state index in [9.17, 15) is 13.2 Å². The molecule has 7 nitrogen and oxygen atoms in total. The molecule has 2 rings (SSSR count). The number of benzene rings is 1. The van der Waals surface area contributed by atoms with E-state index < -0.39 is 10.0 Å². The summed E-state index contributed by atoms with van der Waals surface area (Å²) < 4.78 is 36.5. The van der Waals surface area contributed by atoms with Crippen LogP contribution < -0.4 is 14.4 Å². The van der Waals surface area contributed by atoms with Gasteiger partial charge in [0.05, 0.1) is 24.7 Å². The number of rotatable bonds is 11. The highest BCUT2D eigenvalue weighted by atomic mass is 32.2. The molecule has 1 aliphatic rings. The van der Waals surface area contributed by atoms with Crippen LogP contribution in [0, 0.1) is 0 Å². The van der Waals surface area contributed by atoms with E-state index in [1.54, 1.807) is 24.3 Å². The molecule has 8 heteroatoms. The Bertz CT molecular complexity index is 700. The summed E-state index contributed by atoms with van der Waals surface area (Å²) in [5.74, 6) is 0.319. The van der Waals surface area contributed by atoms with Gasteiger partial charge in [0.2, 0.25) is 15.9 Å². The standard InChI is InChI=1S/C20H32N2O5S/c1-3-26-19-12-10-17(11-13-19)22(28(2,24)25)16-20(23)21-14-7-15-27-18-8-5-4-6-9-18/h10-13,18H,3-9,14-16H2,1-2H3,(H,21,23). The van der Waals surface area contributed by atoms with Gasteiger partial charge in [0, 0.05) is 13.2 Å². The molecule has 1 saturated carbocycles. The summed E-state index contributed by atoms with van der Waals surface area (Å²) in [7, 11) is -3.58. The molecule has 1 N–H and O–H groups in total. The van der Waals surface area contributed by atoms with E-state index in [0.29, 0.717) is 43.7 Å². The number of hydrogen-bond acceptors (Lipinski definition) is 5. The Kier molecular flexibility index (Phi) is 9.05. The lowest BCUT2D eigenvalue weighted by Crippen LogP contribution is -2.40. The van der Waals surface area contributed by atoms with Gasteiger partial charge in [-0.25, -0.2) is 8.42 Å².